The number of hydrogen-bond donors (Lipinski definition) is 0. The van der Waals surface area contributed by atoms with Gasteiger partial charge in [-0.3, -0.25) is 4.99 Å². The number of thiophene rings is 1. The number of anilines is 1. The molecule has 0 spiro atoms. The van der Waals surface area contributed by atoms with Crippen LogP contribution in [0.5, 0.6) is 0 Å². The SMILES string of the molecule is C=C(C)CN=c1scc(-c2cccs2)n1N=Cc1ccc(N2CCOCC2)cc1. The van der Waals surface area contributed by atoms with Gasteiger partial charge >= 0.3 is 0 Å². The minimum Gasteiger partial charge on any atom is -0.378 e. The van der Waals surface area contributed by atoms with Crippen molar-refractivity contribution >= 4 is 34.6 Å². The summed E-state index contributed by atoms with van der Waals surface area (Å²) in [6, 6.07) is 12.7. The number of rotatable bonds is 6. The molecule has 1 aliphatic rings. The summed E-state index contributed by atoms with van der Waals surface area (Å²) in [5.41, 5.74) is 4.38. The second kappa shape index (κ2) is 9.35. The Morgan fingerprint density at radius 1 is 1.17 bits per heavy atom. The third-order valence-corrected chi connectivity index (χ3v) is 6.28. The Kier molecular flexibility index (Phi) is 6.39. The molecule has 0 unspecified atom stereocenters. The highest BCUT2D eigenvalue weighted by molar-refractivity contribution is 7.14. The van der Waals surface area contributed by atoms with Gasteiger partial charge in [0.2, 0.25) is 4.80 Å². The molecule has 0 N–H and O–H groups in total. The van der Waals surface area contributed by atoms with Gasteiger partial charge < -0.3 is 9.64 Å². The summed E-state index contributed by atoms with van der Waals surface area (Å²) < 4.78 is 7.36. The quantitative estimate of drug-likeness (QED) is 0.433. The van der Waals surface area contributed by atoms with Gasteiger partial charge in [0.05, 0.1) is 36.5 Å². The van der Waals surface area contributed by atoms with Crippen LogP contribution >= 0.6 is 22.7 Å². The van der Waals surface area contributed by atoms with Crippen LogP contribution in [0, 0.1) is 0 Å². The van der Waals surface area contributed by atoms with Crippen molar-refractivity contribution in [3.63, 3.8) is 0 Å². The monoisotopic (exact) mass is 424 g/mol. The van der Waals surface area contributed by atoms with Gasteiger partial charge in [0.25, 0.3) is 0 Å². The van der Waals surface area contributed by atoms with Gasteiger partial charge in [-0.05, 0) is 36.1 Å². The second-order valence-corrected chi connectivity index (χ2v) is 8.69. The number of morpholine rings is 1. The van der Waals surface area contributed by atoms with E-state index in [1.54, 1.807) is 22.7 Å². The second-order valence-electron chi connectivity index (χ2n) is 6.90. The topological polar surface area (TPSA) is 42.1 Å². The summed E-state index contributed by atoms with van der Waals surface area (Å²) in [5.74, 6) is 0. The van der Waals surface area contributed by atoms with Crippen molar-refractivity contribution < 1.29 is 4.74 Å². The van der Waals surface area contributed by atoms with Crippen LogP contribution in [0.25, 0.3) is 10.6 Å². The van der Waals surface area contributed by atoms with E-state index in [1.165, 1.54) is 10.6 Å². The van der Waals surface area contributed by atoms with Crippen LogP contribution in [-0.2, 0) is 4.74 Å². The zero-order valence-electron chi connectivity index (χ0n) is 16.5. The summed E-state index contributed by atoms with van der Waals surface area (Å²) in [4.78, 5) is 9.08. The Hall–Kier alpha value is -2.48. The largest absolute Gasteiger partial charge is 0.378 e. The first-order valence-electron chi connectivity index (χ1n) is 9.57. The predicted octanol–water partition coefficient (Wildman–Crippen LogP) is 4.47. The lowest BCUT2D eigenvalue weighted by Gasteiger charge is -2.28. The van der Waals surface area contributed by atoms with Crippen molar-refractivity contribution in [2.75, 3.05) is 37.7 Å². The maximum absolute atomic E-state index is 5.43. The highest BCUT2D eigenvalue weighted by Crippen LogP contribution is 2.25. The summed E-state index contributed by atoms with van der Waals surface area (Å²) in [6.45, 7) is 10.0. The third-order valence-electron chi connectivity index (χ3n) is 4.53. The summed E-state index contributed by atoms with van der Waals surface area (Å²) in [6.07, 6.45) is 1.90. The van der Waals surface area contributed by atoms with Crippen LogP contribution in [0.3, 0.4) is 0 Å². The van der Waals surface area contributed by atoms with Crippen LogP contribution in [0.1, 0.15) is 12.5 Å². The van der Waals surface area contributed by atoms with E-state index in [-0.39, 0.29) is 0 Å². The zero-order chi connectivity index (χ0) is 20.1. The molecule has 0 amide bonds. The van der Waals surface area contributed by atoms with Crippen molar-refractivity contribution in [2.45, 2.75) is 6.92 Å². The molecule has 0 saturated carbocycles. The van der Waals surface area contributed by atoms with Gasteiger partial charge in [-0.15, -0.1) is 22.7 Å². The van der Waals surface area contributed by atoms with E-state index in [4.69, 9.17) is 9.84 Å². The standard InChI is InChI=1S/C22H24N4OS2/c1-17(2)14-23-22-26(20(16-29-22)21-4-3-13-28-21)24-15-18-5-7-19(8-6-18)25-9-11-27-12-10-25/h3-8,13,15-16H,1,9-12,14H2,2H3. The lowest BCUT2D eigenvalue weighted by molar-refractivity contribution is 0.122. The predicted molar refractivity (Wildman–Crippen MR) is 123 cm³/mol. The van der Waals surface area contributed by atoms with E-state index in [0.29, 0.717) is 6.54 Å². The lowest BCUT2D eigenvalue weighted by atomic mass is 10.2. The normalized spacial score (nSPS) is 15.3. The Morgan fingerprint density at radius 2 is 1.97 bits per heavy atom. The van der Waals surface area contributed by atoms with E-state index < -0.39 is 0 Å². The van der Waals surface area contributed by atoms with Crippen molar-refractivity contribution in [1.82, 2.24) is 4.68 Å². The third kappa shape index (κ3) is 4.93. The Bertz CT molecular complexity index is 1040. The van der Waals surface area contributed by atoms with Crippen LogP contribution < -0.4 is 9.70 Å². The van der Waals surface area contributed by atoms with E-state index >= 15 is 0 Å². The first-order valence-corrected chi connectivity index (χ1v) is 11.3. The molecule has 1 aliphatic heterocycles. The molecule has 3 heterocycles. The minimum atomic E-state index is 0.605. The van der Waals surface area contributed by atoms with Gasteiger partial charge in [-0.2, -0.15) is 5.10 Å². The molecule has 4 rings (SSSR count). The molecular weight excluding hydrogens is 400 g/mol. The zero-order valence-corrected chi connectivity index (χ0v) is 18.1. The Balaban J connectivity index is 1.60. The summed E-state index contributed by atoms with van der Waals surface area (Å²) in [5, 5.41) is 8.96. The fourth-order valence-electron chi connectivity index (χ4n) is 3.03. The Labute approximate surface area is 178 Å². The molecule has 3 aromatic rings. The smallest absolute Gasteiger partial charge is 0.206 e. The van der Waals surface area contributed by atoms with Crippen molar-refractivity contribution in [3.05, 3.63) is 69.7 Å². The maximum Gasteiger partial charge on any atom is 0.206 e. The molecule has 0 atom stereocenters. The van der Waals surface area contributed by atoms with Gasteiger partial charge in [0.15, 0.2) is 0 Å². The molecule has 0 aliphatic carbocycles. The average Bonchev–Trinajstić information content (AvgIpc) is 3.41. The number of aromatic nitrogens is 1. The van der Waals surface area contributed by atoms with Crippen molar-refractivity contribution in [2.24, 2.45) is 10.1 Å². The van der Waals surface area contributed by atoms with E-state index in [9.17, 15) is 0 Å². The fourth-order valence-corrected chi connectivity index (χ4v) is 4.66. The van der Waals surface area contributed by atoms with E-state index in [1.807, 2.05) is 17.8 Å². The molecule has 0 bridgehead atoms. The Morgan fingerprint density at radius 3 is 2.66 bits per heavy atom. The van der Waals surface area contributed by atoms with Crippen molar-refractivity contribution in [1.29, 1.82) is 0 Å². The van der Waals surface area contributed by atoms with Crippen LogP contribution in [0.2, 0.25) is 0 Å². The van der Waals surface area contributed by atoms with Gasteiger partial charge in [-0.25, -0.2) is 4.68 Å². The van der Waals surface area contributed by atoms with Gasteiger partial charge in [0, 0.05) is 24.2 Å². The molecule has 1 fully saturated rings. The van der Waals surface area contributed by atoms with Crippen molar-refractivity contribution in [3.8, 4) is 10.6 Å². The first-order chi connectivity index (χ1) is 14.2. The van der Waals surface area contributed by atoms with Crippen LogP contribution in [0.15, 0.2) is 69.4 Å². The summed E-state index contributed by atoms with van der Waals surface area (Å²) >= 11 is 3.31. The fraction of sp³-hybridized carbons (Fsp3) is 0.273. The molecular formula is C22H24N4OS2. The first kappa shape index (κ1) is 19.8. The van der Waals surface area contributed by atoms with Crippen LogP contribution in [-0.4, -0.2) is 43.7 Å². The van der Waals surface area contributed by atoms with E-state index in [0.717, 1.165) is 47.9 Å². The number of hydrogen-bond acceptors (Lipinski definition) is 6. The average molecular weight is 425 g/mol. The van der Waals surface area contributed by atoms with Gasteiger partial charge in [0.1, 0.15) is 0 Å². The summed E-state index contributed by atoms with van der Waals surface area (Å²) in [7, 11) is 0. The molecule has 29 heavy (non-hydrogen) atoms. The maximum atomic E-state index is 5.43. The van der Waals surface area contributed by atoms with Gasteiger partial charge in [-0.1, -0.05) is 30.4 Å². The molecule has 1 saturated heterocycles. The molecule has 150 valence electrons. The number of thiazole rings is 1. The molecule has 5 nitrogen and oxygen atoms in total. The van der Waals surface area contributed by atoms with Crippen LogP contribution in [0.4, 0.5) is 5.69 Å². The molecule has 7 heteroatoms. The lowest BCUT2D eigenvalue weighted by Crippen LogP contribution is -2.36. The number of benzene rings is 1. The number of ether oxygens (including phenoxy) is 1. The minimum absolute atomic E-state index is 0.605. The van der Waals surface area contributed by atoms with E-state index in [2.05, 4.69) is 63.6 Å². The molecule has 2 aromatic heterocycles. The molecule has 0 radical (unpaired) electrons. The highest BCUT2D eigenvalue weighted by atomic mass is 32.1. The number of nitrogens with zero attached hydrogens (tertiary/aromatic N) is 4. The highest BCUT2D eigenvalue weighted by Gasteiger charge is 2.11. The molecule has 1 aromatic carbocycles.